The van der Waals surface area contributed by atoms with Gasteiger partial charge in [0.25, 0.3) is 0 Å². The highest BCUT2D eigenvalue weighted by atomic mass is 32.1. The maximum absolute atomic E-state index is 4.66. The summed E-state index contributed by atoms with van der Waals surface area (Å²) in [6, 6.07) is 2.50. The Morgan fingerprint density at radius 1 is 1.47 bits per heavy atom. The highest BCUT2D eigenvalue weighted by Gasteiger charge is 2.11. The molecule has 2 nitrogen and oxygen atoms in total. The van der Waals surface area contributed by atoms with Gasteiger partial charge in [0.2, 0.25) is 0 Å². The summed E-state index contributed by atoms with van der Waals surface area (Å²) in [5, 5.41) is 10.8. The van der Waals surface area contributed by atoms with Crippen LogP contribution in [0.3, 0.4) is 0 Å². The van der Waals surface area contributed by atoms with Gasteiger partial charge in [0.15, 0.2) is 0 Å². The quantitative estimate of drug-likeness (QED) is 0.881. The number of hydrogen-bond acceptors (Lipinski definition) is 4. The monoisotopic (exact) mass is 238 g/mol. The molecule has 0 saturated carbocycles. The molecule has 0 aromatic carbocycles. The maximum atomic E-state index is 4.66. The van der Waals surface area contributed by atoms with E-state index < -0.39 is 0 Å². The molecule has 2 aromatic rings. The van der Waals surface area contributed by atoms with Crippen molar-refractivity contribution in [3.63, 3.8) is 0 Å². The maximum Gasteiger partial charge on any atom is 0.124 e. The lowest BCUT2D eigenvalue weighted by Gasteiger charge is -2.09. The van der Waals surface area contributed by atoms with Gasteiger partial charge in [-0.3, -0.25) is 0 Å². The molecular weight excluding hydrogens is 224 g/mol. The van der Waals surface area contributed by atoms with Crippen LogP contribution < -0.4 is 5.32 Å². The molecule has 2 rings (SSSR count). The van der Waals surface area contributed by atoms with Crippen molar-refractivity contribution in [1.29, 1.82) is 0 Å². The topological polar surface area (TPSA) is 24.9 Å². The Hall–Kier alpha value is -0.710. The Labute approximate surface area is 98.0 Å². The van der Waals surface area contributed by atoms with Crippen molar-refractivity contribution in [3.8, 4) is 10.6 Å². The van der Waals surface area contributed by atoms with Crippen LogP contribution in [-0.2, 0) is 0 Å². The Bertz CT molecular complexity index is 402. The lowest BCUT2D eigenvalue weighted by atomic mass is 10.2. The van der Waals surface area contributed by atoms with Gasteiger partial charge in [-0.2, -0.15) is 11.3 Å². The molecule has 15 heavy (non-hydrogen) atoms. The lowest BCUT2D eigenvalue weighted by molar-refractivity contribution is 0.565. The summed E-state index contributed by atoms with van der Waals surface area (Å²) < 4.78 is 0. The van der Waals surface area contributed by atoms with Crippen molar-refractivity contribution in [2.45, 2.75) is 19.4 Å². The summed E-state index contributed by atoms with van der Waals surface area (Å²) in [6.45, 7) is 2.17. The second-order valence-corrected chi connectivity index (χ2v) is 4.98. The largest absolute Gasteiger partial charge is 0.312 e. The molecular formula is C11H14N2S2. The van der Waals surface area contributed by atoms with E-state index in [0.717, 1.165) is 17.1 Å². The van der Waals surface area contributed by atoms with Gasteiger partial charge in [0.05, 0.1) is 5.69 Å². The molecule has 4 heteroatoms. The minimum Gasteiger partial charge on any atom is -0.312 e. The molecule has 1 unspecified atom stereocenters. The van der Waals surface area contributed by atoms with Crippen LogP contribution in [0.4, 0.5) is 0 Å². The zero-order valence-corrected chi connectivity index (χ0v) is 10.5. The van der Waals surface area contributed by atoms with Crippen LogP contribution in [0.5, 0.6) is 0 Å². The molecule has 0 amide bonds. The van der Waals surface area contributed by atoms with E-state index in [-0.39, 0.29) is 0 Å². The summed E-state index contributed by atoms with van der Waals surface area (Å²) >= 11 is 3.44. The minimum absolute atomic E-state index is 0.383. The van der Waals surface area contributed by atoms with E-state index in [1.165, 1.54) is 5.56 Å². The van der Waals surface area contributed by atoms with Gasteiger partial charge in [-0.1, -0.05) is 6.92 Å². The number of nitrogens with one attached hydrogen (secondary N) is 1. The Balaban J connectivity index is 2.24. The molecule has 0 radical (unpaired) electrons. The van der Waals surface area contributed by atoms with Crippen LogP contribution in [0.15, 0.2) is 22.2 Å². The predicted molar refractivity (Wildman–Crippen MR) is 67.5 cm³/mol. The van der Waals surface area contributed by atoms with Gasteiger partial charge in [-0.15, -0.1) is 11.3 Å². The van der Waals surface area contributed by atoms with Crippen LogP contribution >= 0.6 is 22.7 Å². The first-order valence-electron chi connectivity index (χ1n) is 5.00. The van der Waals surface area contributed by atoms with Crippen molar-refractivity contribution in [2.24, 2.45) is 0 Å². The average molecular weight is 238 g/mol. The Morgan fingerprint density at radius 3 is 2.93 bits per heavy atom. The fourth-order valence-electron chi connectivity index (χ4n) is 1.53. The minimum atomic E-state index is 0.383. The van der Waals surface area contributed by atoms with E-state index in [0.29, 0.717) is 6.04 Å². The van der Waals surface area contributed by atoms with E-state index in [2.05, 4.69) is 39.4 Å². The van der Waals surface area contributed by atoms with E-state index in [1.54, 1.807) is 22.7 Å². The van der Waals surface area contributed by atoms with Crippen LogP contribution in [0.2, 0.25) is 0 Å². The second-order valence-electron chi connectivity index (χ2n) is 3.34. The molecule has 2 aromatic heterocycles. The van der Waals surface area contributed by atoms with Crippen LogP contribution in [-0.4, -0.2) is 12.0 Å². The number of rotatable bonds is 4. The molecule has 1 atom stereocenters. The number of hydrogen-bond donors (Lipinski definition) is 1. The fraction of sp³-hybridized carbons (Fsp3) is 0.364. The second kappa shape index (κ2) is 4.88. The highest BCUT2D eigenvalue weighted by Crippen LogP contribution is 2.28. The van der Waals surface area contributed by atoms with Crippen LogP contribution in [0.1, 0.15) is 25.1 Å². The zero-order valence-electron chi connectivity index (χ0n) is 8.86. The molecule has 0 bridgehead atoms. The van der Waals surface area contributed by atoms with E-state index in [4.69, 9.17) is 0 Å². The van der Waals surface area contributed by atoms with Crippen LogP contribution in [0, 0.1) is 0 Å². The SMILES string of the molecule is CCC(NC)c1csc(-c2ccsc2)n1. The molecule has 0 saturated heterocycles. The molecule has 2 heterocycles. The van der Waals surface area contributed by atoms with Crippen molar-refractivity contribution in [2.75, 3.05) is 7.05 Å². The number of thiazole rings is 1. The van der Waals surface area contributed by atoms with Gasteiger partial charge in [-0.25, -0.2) is 4.98 Å². The Kier molecular flexibility index (Phi) is 3.51. The van der Waals surface area contributed by atoms with E-state index >= 15 is 0 Å². The first kappa shape index (κ1) is 10.8. The van der Waals surface area contributed by atoms with Gasteiger partial charge in [0, 0.05) is 22.4 Å². The average Bonchev–Trinajstić information content (AvgIpc) is 2.89. The molecule has 1 N–H and O–H groups in total. The van der Waals surface area contributed by atoms with E-state index in [1.807, 2.05) is 7.05 Å². The summed E-state index contributed by atoms with van der Waals surface area (Å²) in [5.74, 6) is 0. The Morgan fingerprint density at radius 2 is 2.33 bits per heavy atom. The van der Waals surface area contributed by atoms with Gasteiger partial charge >= 0.3 is 0 Å². The van der Waals surface area contributed by atoms with Gasteiger partial charge in [-0.05, 0) is 24.9 Å². The molecule has 0 aliphatic rings. The third-order valence-electron chi connectivity index (χ3n) is 2.40. The van der Waals surface area contributed by atoms with Crippen molar-refractivity contribution in [1.82, 2.24) is 10.3 Å². The molecule has 0 spiro atoms. The fourth-order valence-corrected chi connectivity index (χ4v) is 3.11. The summed E-state index contributed by atoms with van der Waals surface area (Å²) in [5.41, 5.74) is 2.40. The summed E-state index contributed by atoms with van der Waals surface area (Å²) in [7, 11) is 1.98. The van der Waals surface area contributed by atoms with Gasteiger partial charge < -0.3 is 5.32 Å². The smallest absolute Gasteiger partial charge is 0.124 e. The van der Waals surface area contributed by atoms with Crippen molar-refractivity contribution < 1.29 is 0 Å². The molecule has 0 aliphatic carbocycles. The highest BCUT2D eigenvalue weighted by molar-refractivity contribution is 7.14. The zero-order chi connectivity index (χ0) is 10.7. The molecule has 0 aliphatic heterocycles. The molecule has 0 fully saturated rings. The third-order valence-corrected chi connectivity index (χ3v) is 4.00. The number of aromatic nitrogens is 1. The van der Waals surface area contributed by atoms with E-state index in [9.17, 15) is 0 Å². The standard InChI is InChI=1S/C11H14N2S2/c1-3-9(12-2)10-7-15-11(13-10)8-4-5-14-6-8/h4-7,9,12H,3H2,1-2H3. The number of nitrogens with zero attached hydrogens (tertiary/aromatic N) is 1. The lowest BCUT2D eigenvalue weighted by Crippen LogP contribution is -2.15. The van der Waals surface area contributed by atoms with Gasteiger partial charge in [0.1, 0.15) is 5.01 Å². The normalized spacial score (nSPS) is 12.9. The summed E-state index contributed by atoms with van der Waals surface area (Å²) in [4.78, 5) is 4.66. The van der Waals surface area contributed by atoms with Crippen LogP contribution in [0.25, 0.3) is 10.6 Å². The van der Waals surface area contributed by atoms with Crippen molar-refractivity contribution in [3.05, 3.63) is 27.9 Å². The van der Waals surface area contributed by atoms with Crippen molar-refractivity contribution >= 4 is 22.7 Å². The first-order valence-corrected chi connectivity index (χ1v) is 6.82. The third kappa shape index (κ3) is 2.27. The molecule has 80 valence electrons. The predicted octanol–water partition coefficient (Wildman–Crippen LogP) is 3.54. The number of thiophene rings is 1. The summed E-state index contributed by atoms with van der Waals surface area (Å²) in [6.07, 6.45) is 1.07. The first-order chi connectivity index (χ1) is 7.35.